The van der Waals surface area contributed by atoms with Gasteiger partial charge in [-0.2, -0.15) is 0 Å². The smallest absolute Gasteiger partial charge is 0.270 e. The van der Waals surface area contributed by atoms with E-state index < -0.39 is 0 Å². The third kappa shape index (κ3) is 5.25. The van der Waals surface area contributed by atoms with Crippen molar-refractivity contribution in [2.45, 2.75) is 31.8 Å². The Hall–Kier alpha value is -1.47. The lowest BCUT2D eigenvalue weighted by Crippen LogP contribution is -2.44. The molecule has 1 aromatic carbocycles. The first-order valence-corrected chi connectivity index (χ1v) is 9.82. The minimum atomic E-state index is -0.0735. The number of carbonyl (C=O) groups excluding carboxylic acids is 1. The number of rotatable bonds is 6. The Labute approximate surface area is 157 Å². The summed E-state index contributed by atoms with van der Waals surface area (Å²) in [5, 5.41) is 6.62. The quantitative estimate of drug-likeness (QED) is 0.810. The highest BCUT2D eigenvalue weighted by Crippen LogP contribution is 2.17. The lowest BCUT2D eigenvalue weighted by molar-refractivity contribution is 0.0904. The van der Waals surface area contributed by atoms with Gasteiger partial charge in [0.05, 0.1) is 5.01 Å². The molecule has 1 aliphatic heterocycles. The lowest BCUT2D eigenvalue weighted by Gasteiger charge is -2.32. The summed E-state index contributed by atoms with van der Waals surface area (Å²) in [6, 6.07) is 8.20. The van der Waals surface area contributed by atoms with Gasteiger partial charge in [-0.15, -0.1) is 11.3 Å². The number of halogens is 1. The maximum Gasteiger partial charge on any atom is 0.270 e. The molecule has 5 nitrogen and oxygen atoms in total. The zero-order valence-electron chi connectivity index (χ0n) is 14.1. The second kappa shape index (κ2) is 8.76. The van der Waals surface area contributed by atoms with Crippen LogP contribution in [0.2, 0.25) is 5.02 Å². The minimum absolute atomic E-state index is 0.0735. The lowest BCUT2D eigenvalue weighted by atomic mass is 10.0. The number of benzene rings is 1. The molecule has 1 aromatic heterocycles. The summed E-state index contributed by atoms with van der Waals surface area (Å²) in [5.74, 6) is -0.0735. The molecule has 3 N–H and O–H groups in total. The summed E-state index contributed by atoms with van der Waals surface area (Å²) < 4.78 is 0. The maximum atomic E-state index is 12.3. The van der Waals surface area contributed by atoms with Gasteiger partial charge in [0.25, 0.3) is 5.91 Å². The molecule has 1 fully saturated rings. The van der Waals surface area contributed by atoms with Crippen LogP contribution in [0.25, 0.3) is 0 Å². The number of aromatic nitrogens is 1. The number of nitrogens with two attached hydrogens (primary N) is 1. The van der Waals surface area contributed by atoms with E-state index in [0.29, 0.717) is 12.2 Å². The molecular weight excluding hydrogens is 356 g/mol. The van der Waals surface area contributed by atoms with E-state index in [0.717, 1.165) is 48.9 Å². The zero-order chi connectivity index (χ0) is 17.6. The molecule has 1 aliphatic rings. The van der Waals surface area contributed by atoms with E-state index in [1.54, 1.807) is 0 Å². The molecule has 1 amide bonds. The molecule has 134 valence electrons. The van der Waals surface area contributed by atoms with Gasteiger partial charge in [0.15, 0.2) is 0 Å². The molecule has 0 aliphatic carbocycles. The average Bonchev–Trinajstić information content (AvgIpc) is 3.08. The predicted molar refractivity (Wildman–Crippen MR) is 102 cm³/mol. The third-order valence-corrected chi connectivity index (χ3v) is 5.55. The first kappa shape index (κ1) is 18.3. The van der Waals surface area contributed by atoms with Crippen LogP contribution in [0.4, 0.5) is 0 Å². The molecule has 2 heterocycles. The molecule has 0 saturated carbocycles. The van der Waals surface area contributed by atoms with E-state index in [9.17, 15) is 4.79 Å². The fourth-order valence-corrected chi connectivity index (χ4v) is 3.92. The van der Waals surface area contributed by atoms with Gasteiger partial charge < -0.3 is 11.1 Å². The van der Waals surface area contributed by atoms with Crippen LogP contribution in [0, 0.1) is 0 Å². The Kier molecular flexibility index (Phi) is 6.42. The molecule has 0 bridgehead atoms. The van der Waals surface area contributed by atoms with Crippen LogP contribution >= 0.6 is 22.9 Å². The molecule has 0 spiro atoms. The topological polar surface area (TPSA) is 71.2 Å². The van der Waals surface area contributed by atoms with Crippen molar-refractivity contribution in [3.05, 3.63) is 50.9 Å². The van der Waals surface area contributed by atoms with Crippen molar-refractivity contribution in [1.82, 2.24) is 15.2 Å². The largest absolute Gasteiger partial charge is 0.348 e. The van der Waals surface area contributed by atoms with E-state index >= 15 is 0 Å². The van der Waals surface area contributed by atoms with Gasteiger partial charge in [-0.05, 0) is 37.1 Å². The van der Waals surface area contributed by atoms with Crippen molar-refractivity contribution in [3.63, 3.8) is 0 Å². The van der Waals surface area contributed by atoms with Crippen molar-refractivity contribution in [2.75, 3.05) is 19.6 Å². The summed E-state index contributed by atoms with van der Waals surface area (Å²) in [6.07, 6.45) is 2.64. The number of carbonyl (C=O) groups is 1. The number of nitrogens with one attached hydrogen (secondary N) is 1. The summed E-state index contributed by atoms with van der Waals surface area (Å²) in [6.45, 7) is 3.43. The number of hydrogen-bond acceptors (Lipinski definition) is 5. The van der Waals surface area contributed by atoms with Gasteiger partial charge >= 0.3 is 0 Å². The van der Waals surface area contributed by atoms with Crippen molar-refractivity contribution in [1.29, 1.82) is 0 Å². The van der Waals surface area contributed by atoms with Gasteiger partial charge in [0.2, 0.25) is 0 Å². The fourth-order valence-electron chi connectivity index (χ4n) is 3.00. The van der Waals surface area contributed by atoms with Crippen LogP contribution in [-0.4, -0.2) is 41.5 Å². The second-order valence-electron chi connectivity index (χ2n) is 6.32. The van der Waals surface area contributed by atoms with Crippen LogP contribution in [0.5, 0.6) is 0 Å². The number of likely N-dealkylation sites (tertiary alicyclic amines) is 1. The first-order valence-electron chi connectivity index (χ1n) is 8.56. The van der Waals surface area contributed by atoms with E-state index in [1.807, 2.05) is 17.5 Å². The average molecular weight is 379 g/mol. The van der Waals surface area contributed by atoms with Crippen LogP contribution in [0.15, 0.2) is 29.6 Å². The summed E-state index contributed by atoms with van der Waals surface area (Å²) in [7, 11) is 0. The Balaban J connectivity index is 1.45. The molecule has 2 aromatic rings. The van der Waals surface area contributed by atoms with E-state index in [4.69, 9.17) is 17.3 Å². The molecule has 0 unspecified atom stereocenters. The van der Waals surface area contributed by atoms with Gasteiger partial charge in [0, 0.05) is 42.5 Å². The predicted octanol–water partition coefficient (Wildman–Crippen LogP) is 2.69. The number of thiazole rings is 1. The van der Waals surface area contributed by atoms with Crippen LogP contribution in [-0.2, 0) is 13.0 Å². The van der Waals surface area contributed by atoms with Gasteiger partial charge in [-0.3, -0.25) is 9.69 Å². The SMILES string of the molecule is NCCc1nc(C(=O)NC2CCN(Cc3ccc(Cl)cc3)CC2)cs1. The van der Waals surface area contributed by atoms with Crippen molar-refractivity contribution >= 4 is 28.8 Å². The molecule has 1 saturated heterocycles. The highest BCUT2D eigenvalue weighted by Gasteiger charge is 2.22. The molecule has 3 rings (SSSR count). The summed E-state index contributed by atoms with van der Waals surface area (Å²) in [5.41, 5.74) is 7.30. The first-order chi connectivity index (χ1) is 12.1. The summed E-state index contributed by atoms with van der Waals surface area (Å²) >= 11 is 7.42. The minimum Gasteiger partial charge on any atom is -0.348 e. The Morgan fingerprint density at radius 3 is 2.72 bits per heavy atom. The number of piperidine rings is 1. The van der Waals surface area contributed by atoms with Crippen molar-refractivity contribution < 1.29 is 4.79 Å². The van der Waals surface area contributed by atoms with Gasteiger partial charge in [0.1, 0.15) is 5.69 Å². The second-order valence-corrected chi connectivity index (χ2v) is 7.69. The number of amides is 1. The van der Waals surface area contributed by atoms with E-state index in [2.05, 4.69) is 27.3 Å². The van der Waals surface area contributed by atoms with Gasteiger partial charge in [-0.1, -0.05) is 23.7 Å². The van der Waals surface area contributed by atoms with Crippen LogP contribution < -0.4 is 11.1 Å². The number of nitrogens with zero attached hydrogens (tertiary/aromatic N) is 2. The van der Waals surface area contributed by atoms with Gasteiger partial charge in [-0.25, -0.2) is 4.98 Å². The molecule has 25 heavy (non-hydrogen) atoms. The highest BCUT2D eigenvalue weighted by molar-refractivity contribution is 7.09. The molecule has 0 radical (unpaired) electrons. The Bertz CT molecular complexity index is 695. The highest BCUT2D eigenvalue weighted by atomic mass is 35.5. The van der Waals surface area contributed by atoms with E-state index in [1.165, 1.54) is 16.9 Å². The molecule has 0 atom stereocenters. The van der Waals surface area contributed by atoms with E-state index in [-0.39, 0.29) is 11.9 Å². The Morgan fingerprint density at radius 2 is 2.04 bits per heavy atom. The normalized spacial score (nSPS) is 16.1. The summed E-state index contributed by atoms with van der Waals surface area (Å²) in [4.78, 5) is 19.1. The molecule has 7 heteroatoms. The van der Waals surface area contributed by atoms with Crippen molar-refractivity contribution in [3.8, 4) is 0 Å². The third-order valence-electron chi connectivity index (χ3n) is 4.38. The Morgan fingerprint density at radius 1 is 1.32 bits per heavy atom. The zero-order valence-corrected chi connectivity index (χ0v) is 15.7. The van der Waals surface area contributed by atoms with Crippen LogP contribution in [0.1, 0.15) is 33.9 Å². The fraction of sp³-hybridized carbons (Fsp3) is 0.444. The molecular formula is C18H23ClN4OS. The van der Waals surface area contributed by atoms with Crippen LogP contribution in [0.3, 0.4) is 0 Å². The number of hydrogen-bond donors (Lipinski definition) is 2. The maximum absolute atomic E-state index is 12.3. The van der Waals surface area contributed by atoms with Crippen molar-refractivity contribution in [2.24, 2.45) is 5.73 Å². The standard InChI is InChI=1S/C18H23ClN4OS/c19-14-3-1-13(2-4-14)11-23-9-6-15(7-10-23)21-18(24)16-12-25-17(22-16)5-8-20/h1-4,12,15H,5-11,20H2,(H,21,24). The monoisotopic (exact) mass is 378 g/mol.